The lowest BCUT2D eigenvalue weighted by atomic mass is 10.1. The Labute approximate surface area is 150 Å². The standard InChI is InChI=1S/C18H19ClN2O2S/c1-13-3-2-4-14(11-13)18(23)21-9-7-20(8-10-21)17(22)12-15-5-6-16(19)24-15/h2-6,11H,7-10,12H2,1H3. The Kier molecular flexibility index (Phi) is 5.21. The van der Waals surface area contributed by atoms with Gasteiger partial charge in [-0.2, -0.15) is 0 Å². The van der Waals surface area contributed by atoms with Crippen molar-refractivity contribution in [2.24, 2.45) is 0 Å². The third-order valence-corrected chi connectivity index (χ3v) is 5.37. The Morgan fingerprint density at radius 1 is 1.08 bits per heavy atom. The van der Waals surface area contributed by atoms with E-state index in [-0.39, 0.29) is 11.8 Å². The highest BCUT2D eigenvalue weighted by Gasteiger charge is 2.25. The number of carbonyl (C=O) groups excluding carboxylic acids is 2. The predicted molar refractivity (Wildman–Crippen MR) is 96.7 cm³/mol. The van der Waals surface area contributed by atoms with E-state index in [4.69, 9.17) is 11.6 Å². The number of thiophene rings is 1. The summed E-state index contributed by atoms with van der Waals surface area (Å²) in [5, 5.41) is 0. The van der Waals surface area contributed by atoms with E-state index in [1.807, 2.05) is 53.1 Å². The van der Waals surface area contributed by atoms with Crippen LogP contribution in [0.1, 0.15) is 20.8 Å². The minimum atomic E-state index is 0.0378. The number of piperazine rings is 1. The van der Waals surface area contributed by atoms with Gasteiger partial charge < -0.3 is 9.80 Å². The maximum atomic E-state index is 12.5. The molecule has 2 heterocycles. The van der Waals surface area contributed by atoms with Crippen LogP contribution in [0.25, 0.3) is 0 Å². The lowest BCUT2D eigenvalue weighted by molar-refractivity contribution is -0.131. The van der Waals surface area contributed by atoms with Crippen molar-refractivity contribution in [3.63, 3.8) is 0 Å². The summed E-state index contributed by atoms with van der Waals surface area (Å²) in [6.07, 6.45) is 0.378. The van der Waals surface area contributed by atoms with Gasteiger partial charge in [0.05, 0.1) is 10.8 Å². The molecule has 1 saturated heterocycles. The first-order valence-corrected chi connectivity index (χ1v) is 9.10. The van der Waals surface area contributed by atoms with Crippen LogP contribution in [0.15, 0.2) is 36.4 Å². The fourth-order valence-corrected chi connectivity index (χ4v) is 3.91. The predicted octanol–water partition coefficient (Wildman–Crippen LogP) is 3.24. The lowest BCUT2D eigenvalue weighted by Crippen LogP contribution is -2.51. The Balaban J connectivity index is 1.55. The molecule has 1 aliphatic rings. The average Bonchev–Trinajstić information content (AvgIpc) is 2.99. The molecule has 24 heavy (non-hydrogen) atoms. The molecule has 1 aromatic heterocycles. The van der Waals surface area contributed by atoms with Gasteiger partial charge in [-0.05, 0) is 31.2 Å². The molecule has 4 nitrogen and oxygen atoms in total. The molecule has 0 aliphatic carbocycles. The number of benzene rings is 1. The summed E-state index contributed by atoms with van der Waals surface area (Å²) in [7, 11) is 0. The van der Waals surface area contributed by atoms with Crippen molar-refractivity contribution in [1.82, 2.24) is 9.80 Å². The number of rotatable bonds is 3. The maximum absolute atomic E-state index is 12.5. The van der Waals surface area contributed by atoms with Crippen LogP contribution in [-0.2, 0) is 11.2 Å². The molecule has 1 aromatic carbocycles. The fourth-order valence-electron chi connectivity index (χ4n) is 2.83. The smallest absolute Gasteiger partial charge is 0.253 e. The van der Waals surface area contributed by atoms with E-state index in [9.17, 15) is 9.59 Å². The first-order chi connectivity index (χ1) is 11.5. The van der Waals surface area contributed by atoms with Gasteiger partial charge in [0, 0.05) is 36.6 Å². The highest BCUT2D eigenvalue weighted by molar-refractivity contribution is 7.16. The highest BCUT2D eigenvalue weighted by atomic mass is 35.5. The van der Waals surface area contributed by atoms with Crippen molar-refractivity contribution < 1.29 is 9.59 Å². The van der Waals surface area contributed by atoms with Crippen LogP contribution in [0.3, 0.4) is 0 Å². The Morgan fingerprint density at radius 2 is 1.79 bits per heavy atom. The van der Waals surface area contributed by atoms with Gasteiger partial charge in [0.15, 0.2) is 0 Å². The zero-order valence-electron chi connectivity index (χ0n) is 13.5. The molecule has 0 atom stereocenters. The monoisotopic (exact) mass is 362 g/mol. The summed E-state index contributed by atoms with van der Waals surface area (Å²) >= 11 is 7.34. The minimum Gasteiger partial charge on any atom is -0.339 e. The van der Waals surface area contributed by atoms with E-state index < -0.39 is 0 Å². The van der Waals surface area contributed by atoms with Gasteiger partial charge in [0.2, 0.25) is 5.91 Å². The van der Waals surface area contributed by atoms with Crippen LogP contribution >= 0.6 is 22.9 Å². The number of halogens is 1. The summed E-state index contributed by atoms with van der Waals surface area (Å²) in [6.45, 7) is 4.28. The number of nitrogens with zero attached hydrogens (tertiary/aromatic N) is 2. The van der Waals surface area contributed by atoms with Crippen LogP contribution in [0.4, 0.5) is 0 Å². The third kappa shape index (κ3) is 3.97. The topological polar surface area (TPSA) is 40.6 Å². The molecular formula is C18H19ClN2O2S. The minimum absolute atomic E-state index is 0.0378. The van der Waals surface area contributed by atoms with Crippen LogP contribution in [-0.4, -0.2) is 47.8 Å². The summed E-state index contributed by atoms with van der Waals surface area (Å²) in [5.41, 5.74) is 1.78. The van der Waals surface area contributed by atoms with Gasteiger partial charge in [0.25, 0.3) is 5.91 Å². The van der Waals surface area contributed by atoms with Crippen molar-refractivity contribution in [3.8, 4) is 0 Å². The quantitative estimate of drug-likeness (QED) is 0.841. The normalized spacial score (nSPS) is 14.8. The van der Waals surface area contributed by atoms with Crippen LogP contribution in [0.2, 0.25) is 4.34 Å². The highest BCUT2D eigenvalue weighted by Crippen LogP contribution is 2.22. The van der Waals surface area contributed by atoms with Gasteiger partial charge in [0.1, 0.15) is 0 Å². The van der Waals surface area contributed by atoms with Crippen molar-refractivity contribution >= 4 is 34.8 Å². The fraction of sp³-hybridized carbons (Fsp3) is 0.333. The van der Waals surface area contributed by atoms with Crippen LogP contribution < -0.4 is 0 Å². The van der Waals surface area contributed by atoms with Gasteiger partial charge >= 0.3 is 0 Å². The average molecular weight is 363 g/mol. The molecule has 0 bridgehead atoms. The summed E-state index contributed by atoms with van der Waals surface area (Å²) < 4.78 is 0.700. The number of amides is 2. The maximum Gasteiger partial charge on any atom is 0.253 e. The molecule has 0 spiro atoms. The van der Waals surface area contributed by atoms with Gasteiger partial charge in [-0.3, -0.25) is 9.59 Å². The molecule has 0 saturated carbocycles. The number of hydrogen-bond donors (Lipinski definition) is 0. The largest absolute Gasteiger partial charge is 0.339 e. The zero-order valence-corrected chi connectivity index (χ0v) is 15.1. The van der Waals surface area contributed by atoms with Crippen molar-refractivity contribution in [3.05, 3.63) is 56.7 Å². The first-order valence-electron chi connectivity index (χ1n) is 7.91. The van der Waals surface area contributed by atoms with E-state index >= 15 is 0 Å². The second-order valence-corrected chi connectivity index (χ2v) is 7.72. The first kappa shape index (κ1) is 17.0. The zero-order chi connectivity index (χ0) is 17.1. The summed E-state index contributed by atoms with van der Waals surface area (Å²) in [5.74, 6) is 0.131. The van der Waals surface area contributed by atoms with E-state index in [1.165, 1.54) is 11.3 Å². The van der Waals surface area contributed by atoms with E-state index in [0.717, 1.165) is 10.4 Å². The molecule has 6 heteroatoms. The SMILES string of the molecule is Cc1cccc(C(=O)N2CCN(C(=O)Cc3ccc(Cl)s3)CC2)c1. The van der Waals surface area contributed by atoms with Gasteiger partial charge in [-0.15, -0.1) is 11.3 Å². The third-order valence-electron chi connectivity index (χ3n) is 4.14. The lowest BCUT2D eigenvalue weighted by Gasteiger charge is -2.34. The molecule has 3 rings (SSSR count). The van der Waals surface area contributed by atoms with Gasteiger partial charge in [-0.1, -0.05) is 29.3 Å². The molecule has 2 aromatic rings. The second kappa shape index (κ2) is 7.36. The molecule has 1 aliphatic heterocycles. The van der Waals surface area contributed by atoms with E-state index in [0.29, 0.717) is 42.5 Å². The summed E-state index contributed by atoms with van der Waals surface area (Å²) in [6, 6.07) is 11.3. The molecular weight excluding hydrogens is 344 g/mol. The summed E-state index contributed by atoms with van der Waals surface area (Å²) in [4.78, 5) is 29.5. The number of carbonyl (C=O) groups is 2. The van der Waals surface area contributed by atoms with Crippen LogP contribution in [0, 0.1) is 6.92 Å². The number of aryl methyl sites for hydroxylation is 1. The van der Waals surface area contributed by atoms with E-state index in [1.54, 1.807) is 0 Å². The van der Waals surface area contributed by atoms with Crippen molar-refractivity contribution in [2.45, 2.75) is 13.3 Å². The molecule has 1 fully saturated rings. The van der Waals surface area contributed by atoms with Gasteiger partial charge in [-0.25, -0.2) is 0 Å². The Morgan fingerprint density at radius 3 is 2.42 bits per heavy atom. The molecule has 0 N–H and O–H groups in total. The van der Waals surface area contributed by atoms with Crippen molar-refractivity contribution in [1.29, 1.82) is 0 Å². The molecule has 126 valence electrons. The molecule has 0 radical (unpaired) electrons. The Bertz CT molecular complexity index is 751. The van der Waals surface area contributed by atoms with Crippen LogP contribution in [0.5, 0.6) is 0 Å². The Hall–Kier alpha value is -1.85. The van der Waals surface area contributed by atoms with E-state index in [2.05, 4.69) is 0 Å². The van der Waals surface area contributed by atoms with Crippen molar-refractivity contribution in [2.75, 3.05) is 26.2 Å². The number of hydrogen-bond acceptors (Lipinski definition) is 3. The molecule has 0 unspecified atom stereocenters. The molecule has 2 amide bonds. The second-order valence-electron chi connectivity index (χ2n) is 5.93.